The summed E-state index contributed by atoms with van der Waals surface area (Å²) in [6, 6.07) is 6.03. The highest BCUT2D eigenvalue weighted by molar-refractivity contribution is 7.99. The van der Waals surface area contributed by atoms with E-state index in [-0.39, 0.29) is 11.7 Å². The summed E-state index contributed by atoms with van der Waals surface area (Å²) in [5.41, 5.74) is 2.08. The Kier molecular flexibility index (Phi) is 3.66. The standard InChI is InChI=1S/C12H11N5OS2/c1-7-2-3-8-9(4-7)20-12(15-8)16-10(18)5-19-11-13-6-14-17-11/h2-4,6H,5H2,1H3,(H,13,14,17)(H,15,16,18). The average Bonchev–Trinajstić information content (AvgIpc) is 3.04. The van der Waals surface area contributed by atoms with Crippen LogP contribution in [0.5, 0.6) is 0 Å². The molecule has 0 saturated carbocycles. The number of thiazole rings is 1. The van der Waals surface area contributed by atoms with E-state index in [1.165, 1.54) is 35.0 Å². The number of carbonyl (C=O) groups excluding carboxylic acids is 1. The number of aromatic nitrogens is 4. The first-order chi connectivity index (χ1) is 9.70. The second kappa shape index (κ2) is 5.59. The molecule has 3 aromatic rings. The number of fused-ring (bicyclic) bond motifs is 1. The van der Waals surface area contributed by atoms with Crippen molar-refractivity contribution < 1.29 is 4.79 Å². The predicted molar refractivity (Wildman–Crippen MR) is 80.1 cm³/mol. The average molecular weight is 305 g/mol. The number of aromatic amines is 1. The molecule has 1 aromatic carbocycles. The Labute approximate surface area is 123 Å². The van der Waals surface area contributed by atoms with Crippen LogP contribution in [0.3, 0.4) is 0 Å². The SMILES string of the molecule is Cc1ccc2nc(NC(=O)CSc3ncn[nH]3)sc2c1. The number of aryl methyl sites for hydroxylation is 1. The number of nitrogens with zero attached hydrogens (tertiary/aromatic N) is 3. The molecule has 0 saturated heterocycles. The number of thioether (sulfide) groups is 1. The number of hydrogen-bond acceptors (Lipinski definition) is 6. The molecule has 2 N–H and O–H groups in total. The van der Waals surface area contributed by atoms with Gasteiger partial charge < -0.3 is 5.32 Å². The summed E-state index contributed by atoms with van der Waals surface area (Å²) in [4.78, 5) is 20.1. The van der Waals surface area contributed by atoms with Crippen molar-refractivity contribution in [1.29, 1.82) is 0 Å². The van der Waals surface area contributed by atoms with Gasteiger partial charge in [0, 0.05) is 0 Å². The maximum absolute atomic E-state index is 11.8. The van der Waals surface area contributed by atoms with Crippen LogP contribution in [0.25, 0.3) is 10.2 Å². The van der Waals surface area contributed by atoms with Crippen LogP contribution in [-0.4, -0.2) is 31.8 Å². The molecule has 20 heavy (non-hydrogen) atoms. The van der Waals surface area contributed by atoms with Crippen molar-refractivity contribution in [2.75, 3.05) is 11.1 Å². The van der Waals surface area contributed by atoms with Crippen molar-refractivity contribution in [3.05, 3.63) is 30.1 Å². The molecule has 0 aliphatic rings. The van der Waals surface area contributed by atoms with Crippen LogP contribution >= 0.6 is 23.1 Å². The normalized spacial score (nSPS) is 10.8. The van der Waals surface area contributed by atoms with E-state index in [0.29, 0.717) is 10.3 Å². The Balaban J connectivity index is 1.65. The number of carbonyl (C=O) groups is 1. The fraction of sp³-hybridized carbons (Fsp3) is 0.167. The lowest BCUT2D eigenvalue weighted by Gasteiger charge is -1.98. The molecule has 6 nitrogen and oxygen atoms in total. The molecular weight excluding hydrogens is 294 g/mol. The van der Waals surface area contributed by atoms with Crippen LogP contribution in [0.2, 0.25) is 0 Å². The molecule has 0 atom stereocenters. The third kappa shape index (κ3) is 2.97. The van der Waals surface area contributed by atoms with E-state index in [1.807, 2.05) is 19.1 Å². The molecule has 0 bridgehead atoms. The van der Waals surface area contributed by atoms with E-state index in [4.69, 9.17) is 0 Å². The molecule has 0 fully saturated rings. The van der Waals surface area contributed by atoms with Gasteiger partial charge in [-0.05, 0) is 24.6 Å². The summed E-state index contributed by atoms with van der Waals surface area (Å²) < 4.78 is 1.07. The molecule has 0 radical (unpaired) electrons. The Hall–Kier alpha value is -1.93. The minimum atomic E-state index is -0.109. The largest absolute Gasteiger partial charge is 0.301 e. The van der Waals surface area contributed by atoms with Crippen LogP contribution in [-0.2, 0) is 4.79 Å². The number of amides is 1. The smallest absolute Gasteiger partial charge is 0.236 e. The Bertz CT molecular complexity index is 737. The molecule has 0 aliphatic carbocycles. The zero-order valence-electron chi connectivity index (χ0n) is 10.6. The molecule has 2 aromatic heterocycles. The predicted octanol–water partition coefficient (Wildman–Crippen LogP) is 2.45. The molecule has 1 amide bonds. The van der Waals surface area contributed by atoms with Gasteiger partial charge in [0.2, 0.25) is 5.91 Å². The zero-order chi connectivity index (χ0) is 13.9. The maximum atomic E-state index is 11.8. The lowest BCUT2D eigenvalue weighted by molar-refractivity contribution is -0.113. The highest BCUT2D eigenvalue weighted by Crippen LogP contribution is 2.26. The van der Waals surface area contributed by atoms with Gasteiger partial charge in [0.05, 0.1) is 16.0 Å². The first-order valence-electron chi connectivity index (χ1n) is 5.86. The van der Waals surface area contributed by atoms with Crippen LogP contribution < -0.4 is 5.32 Å². The highest BCUT2D eigenvalue weighted by Gasteiger charge is 2.09. The third-order valence-corrected chi connectivity index (χ3v) is 4.33. The summed E-state index contributed by atoms with van der Waals surface area (Å²) in [7, 11) is 0. The van der Waals surface area contributed by atoms with E-state index >= 15 is 0 Å². The summed E-state index contributed by atoms with van der Waals surface area (Å²) in [6.45, 7) is 2.03. The fourth-order valence-electron chi connectivity index (χ4n) is 1.64. The maximum Gasteiger partial charge on any atom is 0.236 e. The molecule has 102 valence electrons. The first-order valence-corrected chi connectivity index (χ1v) is 7.66. The summed E-state index contributed by atoms with van der Waals surface area (Å²) in [5, 5.41) is 10.5. The van der Waals surface area contributed by atoms with E-state index < -0.39 is 0 Å². The number of rotatable bonds is 4. The van der Waals surface area contributed by atoms with E-state index in [9.17, 15) is 4.79 Å². The molecule has 3 rings (SSSR count). The fourth-order valence-corrected chi connectivity index (χ4v) is 3.20. The van der Waals surface area contributed by atoms with Crippen LogP contribution in [0.15, 0.2) is 29.7 Å². The minimum Gasteiger partial charge on any atom is -0.301 e. The molecule has 0 unspecified atom stereocenters. The molecule has 8 heteroatoms. The molecule has 2 heterocycles. The summed E-state index contributed by atoms with van der Waals surface area (Å²) >= 11 is 2.77. The third-order valence-electron chi connectivity index (χ3n) is 2.52. The Morgan fingerprint density at radius 3 is 3.20 bits per heavy atom. The minimum absolute atomic E-state index is 0.109. The van der Waals surface area contributed by atoms with Gasteiger partial charge in [-0.2, -0.15) is 5.10 Å². The zero-order valence-corrected chi connectivity index (χ0v) is 12.2. The highest BCUT2D eigenvalue weighted by atomic mass is 32.2. The monoisotopic (exact) mass is 305 g/mol. The Morgan fingerprint density at radius 2 is 2.40 bits per heavy atom. The van der Waals surface area contributed by atoms with Crippen molar-refractivity contribution in [1.82, 2.24) is 20.2 Å². The van der Waals surface area contributed by atoms with Gasteiger partial charge in [0.1, 0.15) is 6.33 Å². The van der Waals surface area contributed by atoms with E-state index in [2.05, 4.69) is 31.5 Å². The van der Waals surface area contributed by atoms with Gasteiger partial charge in [-0.25, -0.2) is 9.97 Å². The second-order valence-corrected chi connectivity index (χ2v) is 6.11. The number of hydrogen-bond donors (Lipinski definition) is 2. The Morgan fingerprint density at radius 1 is 1.50 bits per heavy atom. The van der Waals surface area contributed by atoms with Crippen molar-refractivity contribution in [2.24, 2.45) is 0 Å². The van der Waals surface area contributed by atoms with Crippen molar-refractivity contribution in [2.45, 2.75) is 12.1 Å². The molecule has 0 aliphatic heterocycles. The van der Waals surface area contributed by atoms with Gasteiger partial charge >= 0.3 is 0 Å². The van der Waals surface area contributed by atoms with Gasteiger partial charge in [0.25, 0.3) is 0 Å². The van der Waals surface area contributed by atoms with E-state index in [1.54, 1.807) is 0 Å². The van der Waals surface area contributed by atoms with Crippen molar-refractivity contribution in [3.63, 3.8) is 0 Å². The van der Waals surface area contributed by atoms with Gasteiger partial charge in [0.15, 0.2) is 10.3 Å². The van der Waals surface area contributed by atoms with Crippen LogP contribution in [0.4, 0.5) is 5.13 Å². The van der Waals surface area contributed by atoms with Gasteiger partial charge in [-0.15, -0.1) is 0 Å². The van der Waals surface area contributed by atoms with Crippen molar-refractivity contribution in [3.8, 4) is 0 Å². The quantitative estimate of drug-likeness (QED) is 0.723. The number of anilines is 1. The molecular formula is C12H11N5OS2. The number of nitrogens with one attached hydrogen (secondary N) is 2. The lowest BCUT2D eigenvalue weighted by Crippen LogP contribution is -2.13. The second-order valence-electron chi connectivity index (χ2n) is 4.12. The van der Waals surface area contributed by atoms with E-state index in [0.717, 1.165) is 10.2 Å². The lowest BCUT2D eigenvalue weighted by atomic mass is 10.2. The molecule has 0 spiro atoms. The summed E-state index contributed by atoms with van der Waals surface area (Å²) in [5.74, 6) is 0.159. The number of benzene rings is 1. The topological polar surface area (TPSA) is 83.6 Å². The van der Waals surface area contributed by atoms with Gasteiger partial charge in [-0.3, -0.25) is 9.89 Å². The summed E-state index contributed by atoms with van der Waals surface area (Å²) in [6.07, 6.45) is 1.41. The van der Waals surface area contributed by atoms with Crippen molar-refractivity contribution >= 4 is 44.4 Å². The van der Waals surface area contributed by atoms with Gasteiger partial charge in [-0.1, -0.05) is 29.2 Å². The van der Waals surface area contributed by atoms with Crippen LogP contribution in [0, 0.1) is 6.92 Å². The van der Waals surface area contributed by atoms with Crippen LogP contribution in [0.1, 0.15) is 5.56 Å². The number of H-pyrrole nitrogens is 1. The first kappa shape index (κ1) is 13.1.